The lowest BCUT2D eigenvalue weighted by Gasteiger charge is -2.63. The van der Waals surface area contributed by atoms with Crippen molar-refractivity contribution in [2.45, 2.75) is 138 Å². The van der Waals surface area contributed by atoms with Gasteiger partial charge in [0, 0.05) is 36.3 Å². The maximum absolute atomic E-state index is 2.74. The Labute approximate surface area is 153 Å². The Bertz CT molecular complexity index is 271. The Balaban J connectivity index is 6.70. The fourth-order valence-corrected chi connectivity index (χ4v) is 5.22. The summed E-state index contributed by atoms with van der Waals surface area (Å²) in [5.74, 6) is -0.0764. The van der Waals surface area contributed by atoms with E-state index in [1.54, 1.807) is 0 Å². The molecule has 0 bridgehead atoms. The number of hydrogen-bond acceptors (Lipinski definition) is 3. The molecule has 0 aromatic heterocycles. The first kappa shape index (κ1) is 23.9. The van der Waals surface area contributed by atoms with E-state index in [0.29, 0.717) is 36.3 Å². The Hall–Kier alpha value is -0.120. The highest BCUT2D eigenvalue weighted by atomic mass is 15.6. The molecule has 146 valence electrons. The van der Waals surface area contributed by atoms with Crippen LogP contribution in [-0.4, -0.2) is 56.7 Å². The summed E-state index contributed by atoms with van der Waals surface area (Å²) in [7, 11) is 0. The normalized spacial score (nSPS) is 14.2. The van der Waals surface area contributed by atoms with Crippen molar-refractivity contribution in [3.8, 4) is 0 Å². The van der Waals surface area contributed by atoms with Gasteiger partial charge in [-0.3, -0.25) is 14.7 Å². The summed E-state index contributed by atoms with van der Waals surface area (Å²) in [6, 6.07) is 2.94. The highest BCUT2D eigenvalue weighted by Crippen LogP contribution is 2.38. The minimum atomic E-state index is -0.0764. The maximum Gasteiger partial charge on any atom is 0.132 e. The molecular weight excluding hydrogens is 294 g/mol. The van der Waals surface area contributed by atoms with E-state index >= 15 is 0 Å². The molecule has 24 heavy (non-hydrogen) atoms. The third-order valence-corrected chi connectivity index (χ3v) is 5.05. The standard InChI is InChI=1S/C21H47N3/c1-14-21(22(15(2)3)16(4)5,23(17(6)7)18(8)9)24(19(10)11)20(12)13/h15-20H,14H2,1-13H3. The molecule has 3 heteroatoms. The Morgan fingerprint density at radius 2 is 0.625 bits per heavy atom. The summed E-state index contributed by atoms with van der Waals surface area (Å²) in [6.07, 6.45) is 1.09. The number of nitrogens with zero attached hydrogens (tertiary/aromatic N) is 3. The SMILES string of the molecule is CCC(N(C(C)C)C(C)C)(N(C(C)C)C(C)C)N(C(C)C)C(C)C. The highest BCUT2D eigenvalue weighted by molar-refractivity contribution is 4.98. The van der Waals surface area contributed by atoms with Gasteiger partial charge in [0.2, 0.25) is 0 Å². The molecule has 0 aliphatic rings. The van der Waals surface area contributed by atoms with Gasteiger partial charge >= 0.3 is 0 Å². The van der Waals surface area contributed by atoms with E-state index < -0.39 is 0 Å². The van der Waals surface area contributed by atoms with Crippen LogP contribution in [0.2, 0.25) is 0 Å². The van der Waals surface area contributed by atoms with Gasteiger partial charge in [-0.15, -0.1) is 0 Å². The second kappa shape index (κ2) is 9.54. The van der Waals surface area contributed by atoms with E-state index in [9.17, 15) is 0 Å². The molecule has 0 unspecified atom stereocenters. The number of rotatable bonds is 10. The summed E-state index contributed by atoms with van der Waals surface area (Å²) in [6.45, 7) is 30.6. The molecule has 0 fully saturated rings. The molecular formula is C21H47N3. The Morgan fingerprint density at radius 1 is 0.458 bits per heavy atom. The molecule has 0 rings (SSSR count). The zero-order chi connectivity index (χ0) is 19.4. The average molecular weight is 342 g/mol. The smallest absolute Gasteiger partial charge is 0.132 e. The summed E-state index contributed by atoms with van der Waals surface area (Å²) in [5.41, 5.74) is 0. The van der Waals surface area contributed by atoms with Crippen LogP contribution in [0.1, 0.15) is 96.4 Å². The van der Waals surface area contributed by atoms with Gasteiger partial charge in [0.05, 0.1) is 0 Å². The second-order valence-electron chi connectivity index (χ2n) is 8.91. The van der Waals surface area contributed by atoms with Crippen LogP contribution in [0.25, 0.3) is 0 Å². The molecule has 0 spiro atoms. The van der Waals surface area contributed by atoms with Gasteiger partial charge in [0.15, 0.2) is 0 Å². The van der Waals surface area contributed by atoms with Gasteiger partial charge in [-0.2, -0.15) is 0 Å². The average Bonchev–Trinajstić information content (AvgIpc) is 2.34. The fraction of sp³-hybridized carbons (Fsp3) is 1.00. The number of hydrogen-bond donors (Lipinski definition) is 0. The lowest BCUT2D eigenvalue weighted by Crippen LogP contribution is -2.77. The minimum Gasteiger partial charge on any atom is -0.268 e. The molecule has 0 aliphatic carbocycles. The van der Waals surface area contributed by atoms with Crippen molar-refractivity contribution in [1.29, 1.82) is 0 Å². The van der Waals surface area contributed by atoms with Crippen LogP contribution in [0.5, 0.6) is 0 Å². The lowest BCUT2D eigenvalue weighted by atomic mass is 9.97. The van der Waals surface area contributed by atoms with Crippen LogP contribution in [0.3, 0.4) is 0 Å². The topological polar surface area (TPSA) is 9.72 Å². The third kappa shape index (κ3) is 4.74. The summed E-state index contributed by atoms with van der Waals surface area (Å²) in [5, 5.41) is 0. The van der Waals surface area contributed by atoms with Gasteiger partial charge in [-0.25, -0.2) is 0 Å². The van der Waals surface area contributed by atoms with Crippen molar-refractivity contribution in [1.82, 2.24) is 14.7 Å². The first-order chi connectivity index (χ1) is 10.9. The van der Waals surface area contributed by atoms with E-state index in [4.69, 9.17) is 0 Å². The van der Waals surface area contributed by atoms with Gasteiger partial charge in [0.1, 0.15) is 5.79 Å². The molecule has 3 nitrogen and oxygen atoms in total. The summed E-state index contributed by atoms with van der Waals surface area (Å²) < 4.78 is 0. The highest BCUT2D eigenvalue weighted by Gasteiger charge is 2.51. The van der Waals surface area contributed by atoms with Crippen LogP contribution in [-0.2, 0) is 0 Å². The van der Waals surface area contributed by atoms with Crippen LogP contribution in [0.4, 0.5) is 0 Å². The van der Waals surface area contributed by atoms with Crippen molar-refractivity contribution in [3.05, 3.63) is 0 Å². The zero-order valence-electron chi connectivity index (χ0n) is 19.0. The third-order valence-electron chi connectivity index (χ3n) is 5.05. The molecule has 0 saturated carbocycles. The van der Waals surface area contributed by atoms with E-state index in [0.717, 1.165) is 6.42 Å². The first-order valence-electron chi connectivity index (χ1n) is 10.2. The molecule has 0 heterocycles. The molecule has 0 aromatic carbocycles. The van der Waals surface area contributed by atoms with Gasteiger partial charge in [0.25, 0.3) is 0 Å². The molecule has 0 amide bonds. The van der Waals surface area contributed by atoms with Crippen LogP contribution in [0, 0.1) is 0 Å². The predicted molar refractivity (Wildman–Crippen MR) is 109 cm³/mol. The van der Waals surface area contributed by atoms with Crippen molar-refractivity contribution in [3.63, 3.8) is 0 Å². The molecule has 0 radical (unpaired) electrons. The summed E-state index contributed by atoms with van der Waals surface area (Å²) >= 11 is 0. The Morgan fingerprint density at radius 3 is 0.708 bits per heavy atom. The van der Waals surface area contributed by atoms with Crippen molar-refractivity contribution < 1.29 is 0 Å². The van der Waals surface area contributed by atoms with Gasteiger partial charge < -0.3 is 0 Å². The first-order valence-corrected chi connectivity index (χ1v) is 10.2. The van der Waals surface area contributed by atoms with E-state index in [1.807, 2.05) is 0 Å². The Kier molecular flexibility index (Phi) is 9.49. The van der Waals surface area contributed by atoms with Crippen molar-refractivity contribution in [2.75, 3.05) is 0 Å². The van der Waals surface area contributed by atoms with E-state index in [1.165, 1.54) is 0 Å². The van der Waals surface area contributed by atoms with Crippen LogP contribution in [0.15, 0.2) is 0 Å². The largest absolute Gasteiger partial charge is 0.268 e. The maximum atomic E-state index is 2.74. The molecule has 0 atom stereocenters. The van der Waals surface area contributed by atoms with Crippen molar-refractivity contribution >= 4 is 0 Å². The molecule has 0 aromatic rings. The minimum absolute atomic E-state index is 0.0764. The fourth-order valence-electron chi connectivity index (χ4n) is 5.22. The van der Waals surface area contributed by atoms with Gasteiger partial charge in [-0.1, -0.05) is 6.92 Å². The molecule has 0 N–H and O–H groups in total. The summed E-state index contributed by atoms with van der Waals surface area (Å²) in [4.78, 5) is 8.23. The monoisotopic (exact) mass is 341 g/mol. The molecule has 0 saturated heterocycles. The van der Waals surface area contributed by atoms with Gasteiger partial charge in [-0.05, 0) is 89.5 Å². The molecule has 0 aliphatic heterocycles. The quantitative estimate of drug-likeness (QED) is 0.492. The zero-order valence-corrected chi connectivity index (χ0v) is 19.0. The van der Waals surface area contributed by atoms with Crippen molar-refractivity contribution in [2.24, 2.45) is 0 Å². The second-order valence-corrected chi connectivity index (χ2v) is 8.91. The van der Waals surface area contributed by atoms with Crippen LogP contribution < -0.4 is 0 Å². The van der Waals surface area contributed by atoms with Crippen LogP contribution >= 0.6 is 0 Å². The predicted octanol–water partition coefficient (Wildman–Crippen LogP) is 5.41. The lowest BCUT2D eigenvalue weighted by molar-refractivity contribution is -0.233. The van der Waals surface area contributed by atoms with E-state index in [2.05, 4.69) is 105 Å². The van der Waals surface area contributed by atoms with E-state index in [-0.39, 0.29) is 5.79 Å².